The molecule has 10 heteroatoms. The Hall–Kier alpha value is -2.76. The number of nitrogens with zero attached hydrogens (tertiary/aromatic N) is 1. The molecule has 0 fully saturated rings. The average Bonchev–Trinajstić information content (AvgIpc) is 2.67. The van der Waals surface area contributed by atoms with Crippen LogP contribution in [-0.2, 0) is 12.7 Å². The fourth-order valence-corrected chi connectivity index (χ4v) is 3.07. The summed E-state index contributed by atoms with van der Waals surface area (Å²) in [7, 11) is 0. The number of benzene rings is 2. The summed E-state index contributed by atoms with van der Waals surface area (Å²) in [6, 6.07) is 7.89. The first-order chi connectivity index (χ1) is 14.1. The molecule has 0 spiro atoms. The molecule has 0 atom stereocenters. The largest absolute Gasteiger partial charge is 0.416 e. The maximum atomic E-state index is 14.1. The van der Waals surface area contributed by atoms with E-state index < -0.39 is 29.3 Å². The number of carbonyl (C=O) groups excluding carboxylic acids is 1. The second kappa shape index (κ2) is 8.94. The summed E-state index contributed by atoms with van der Waals surface area (Å²) in [6.07, 6.45) is -2.05. The van der Waals surface area contributed by atoms with Crippen molar-refractivity contribution in [1.29, 1.82) is 0 Å². The molecular weight excluding hydrogens is 520 g/mol. The van der Waals surface area contributed by atoms with E-state index in [-0.39, 0.29) is 29.0 Å². The van der Waals surface area contributed by atoms with E-state index in [0.717, 1.165) is 12.1 Å². The van der Waals surface area contributed by atoms with Crippen molar-refractivity contribution in [3.05, 3.63) is 86.8 Å². The van der Waals surface area contributed by atoms with Gasteiger partial charge >= 0.3 is 6.18 Å². The minimum atomic E-state index is -4.71. The second-order valence-electron chi connectivity index (χ2n) is 6.20. The van der Waals surface area contributed by atoms with Gasteiger partial charge in [-0.3, -0.25) is 9.78 Å². The fourth-order valence-electron chi connectivity index (χ4n) is 2.62. The molecule has 0 saturated heterocycles. The smallest absolute Gasteiger partial charge is 0.351 e. The maximum absolute atomic E-state index is 14.1. The Morgan fingerprint density at radius 1 is 1.03 bits per heavy atom. The Bertz CT molecular complexity index is 1090. The molecule has 1 amide bonds. The van der Waals surface area contributed by atoms with Gasteiger partial charge in [-0.1, -0.05) is 0 Å². The van der Waals surface area contributed by atoms with Gasteiger partial charge in [0.15, 0.2) is 0 Å². The van der Waals surface area contributed by atoms with Crippen LogP contribution in [0.2, 0.25) is 0 Å². The third-order valence-corrected chi connectivity index (χ3v) is 4.68. The normalized spacial score (nSPS) is 11.3. The highest BCUT2D eigenvalue weighted by Crippen LogP contribution is 2.30. The molecule has 0 unspecified atom stereocenters. The number of rotatable bonds is 5. The van der Waals surface area contributed by atoms with Gasteiger partial charge in [0, 0.05) is 16.3 Å². The summed E-state index contributed by atoms with van der Waals surface area (Å²) < 4.78 is 66.8. The van der Waals surface area contributed by atoms with Gasteiger partial charge in [-0.2, -0.15) is 13.2 Å². The highest BCUT2D eigenvalue weighted by molar-refractivity contribution is 14.1. The minimum Gasteiger partial charge on any atom is -0.351 e. The topological polar surface area (TPSA) is 54.0 Å². The lowest BCUT2D eigenvalue weighted by molar-refractivity contribution is -0.137. The van der Waals surface area contributed by atoms with Crippen LogP contribution in [0.5, 0.6) is 0 Å². The molecule has 0 radical (unpaired) electrons. The van der Waals surface area contributed by atoms with Crippen molar-refractivity contribution in [2.45, 2.75) is 12.7 Å². The summed E-state index contributed by atoms with van der Waals surface area (Å²) in [6.45, 7) is -0.334. The van der Waals surface area contributed by atoms with Crippen molar-refractivity contribution in [2.75, 3.05) is 5.32 Å². The Kier molecular flexibility index (Phi) is 6.54. The number of aromatic nitrogens is 1. The van der Waals surface area contributed by atoms with Crippen LogP contribution < -0.4 is 10.6 Å². The molecular formula is C20H13F5IN3O. The molecule has 4 nitrogen and oxygen atoms in total. The van der Waals surface area contributed by atoms with E-state index in [1.807, 2.05) is 22.6 Å². The van der Waals surface area contributed by atoms with E-state index in [0.29, 0.717) is 9.64 Å². The van der Waals surface area contributed by atoms with Crippen LogP contribution in [0.1, 0.15) is 21.5 Å². The van der Waals surface area contributed by atoms with Crippen molar-refractivity contribution in [1.82, 2.24) is 10.3 Å². The predicted octanol–water partition coefficient (Wildman–Crippen LogP) is 5.66. The number of carbonyl (C=O) groups is 1. The van der Waals surface area contributed by atoms with Crippen molar-refractivity contribution in [3.63, 3.8) is 0 Å². The lowest BCUT2D eigenvalue weighted by atomic mass is 10.1. The second-order valence-corrected chi connectivity index (χ2v) is 7.44. The minimum absolute atomic E-state index is 0.0529. The molecule has 0 saturated carbocycles. The Morgan fingerprint density at radius 2 is 1.80 bits per heavy atom. The molecule has 0 aliphatic carbocycles. The molecule has 1 heterocycles. The summed E-state index contributed by atoms with van der Waals surface area (Å²) in [5.74, 6) is -2.24. The van der Waals surface area contributed by atoms with E-state index in [2.05, 4.69) is 15.6 Å². The first kappa shape index (κ1) is 21.9. The van der Waals surface area contributed by atoms with Gasteiger partial charge in [0.25, 0.3) is 5.91 Å². The lowest BCUT2D eigenvalue weighted by Gasteiger charge is -2.13. The van der Waals surface area contributed by atoms with Crippen molar-refractivity contribution < 1.29 is 26.7 Å². The van der Waals surface area contributed by atoms with Gasteiger partial charge in [0.05, 0.1) is 28.7 Å². The summed E-state index contributed by atoms with van der Waals surface area (Å²) >= 11 is 1.95. The number of alkyl halides is 3. The third-order valence-electron chi connectivity index (χ3n) is 4.00. The van der Waals surface area contributed by atoms with E-state index in [1.54, 1.807) is 6.07 Å². The van der Waals surface area contributed by atoms with Crippen LogP contribution in [0, 0.1) is 15.2 Å². The van der Waals surface area contributed by atoms with Crippen molar-refractivity contribution >= 4 is 39.9 Å². The SMILES string of the molecule is O=C(NCc1cc(F)cc(C(F)(F)F)c1)c1ccncc1Nc1ccc(I)cc1F. The van der Waals surface area contributed by atoms with Gasteiger partial charge in [-0.15, -0.1) is 0 Å². The lowest BCUT2D eigenvalue weighted by Crippen LogP contribution is -2.24. The van der Waals surface area contributed by atoms with Crippen molar-refractivity contribution in [3.8, 4) is 0 Å². The maximum Gasteiger partial charge on any atom is 0.416 e. The standard InChI is InChI=1S/C20H13F5IN3O/c21-13-6-11(5-12(7-13)20(23,24)25)9-28-19(30)15-3-4-27-10-18(15)29-17-2-1-14(26)8-16(17)22/h1-8,10,29H,9H2,(H,28,30). The quantitative estimate of drug-likeness (QED) is 0.329. The molecule has 0 aliphatic rings. The summed E-state index contributed by atoms with van der Waals surface area (Å²) in [5, 5.41) is 5.21. The predicted molar refractivity (Wildman–Crippen MR) is 109 cm³/mol. The zero-order chi connectivity index (χ0) is 21.9. The monoisotopic (exact) mass is 533 g/mol. The van der Waals surface area contributed by atoms with Gasteiger partial charge in [0.1, 0.15) is 11.6 Å². The van der Waals surface area contributed by atoms with Crippen LogP contribution >= 0.6 is 22.6 Å². The van der Waals surface area contributed by atoms with Crippen LogP contribution in [0.25, 0.3) is 0 Å². The highest BCUT2D eigenvalue weighted by Gasteiger charge is 2.31. The third kappa shape index (κ3) is 5.43. The Morgan fingerprint density at radius 3 is 2.50 bits per heavy atom. The number of halogens is 6. The molecule has 2 aromatic carbocycles. The number of pyridine rings is 1. The van der Waals surface area contributed by atoms with Crippen LogP contribution in [0.15, 0.2) is 54.9 Å². The van der Waals surface area contributed by atoms with E-state index in [1.165, 1.54) is 30.6 Å². The molecule has 156 valence electrons. The molecule has 2 N–H and O–H groups in total. The number of nitrogens with one attached hydrogen (secondary N) is 2. The zero-order valence-corrected chi connectivity index (χ0v) is 17.2. The molecule has 3 rings (SSSR count). The van der Waals surface area contributed by atoms with E-state index in [9.17, 15) is 26.7 Å². The first-order valence-corrected chi connectivity index (χ1v) is 9.52. The first-order valence-electron chi connectivity index (χ1n) is 8.44. The van der Waals surface area contributed by atoms with Crippen molar-refractivity contribution in [2.24, 2.45) is 0 Å². The molecule has 0 bridgehead atoms. The number of hydrogen-bond acceptors (Lipinski definition) is 3. The molecule has 0 aliphatic heterocycles. The van der Waals surface area contributed by atoms with Gasteiger partial charge in [0.2, 0.25) is 0 Å². The molecule has 3 aromatic rings. The highest BCUT2D eigenvalue weighted by atomic mass is 127. The van der Waals surface area contributed by atoms with E-state index in [4.69, 9.17) is 0 Å². The number of amides is 1. The van der Waals surface area contributed by atoms with E-state index >= 15 is 0 Å². The zero-order valence-electron chi connectivity index (χ0n) is 15.0. The van der Waals surface area contributed by atoms with Gasteiger partial charge in [-0.05, 0) is 70.6 Å². The average molecular weight is 533 g/mol. The summed E-state index contributed by atoms with van der Waals surface area (Å²) in [5.41, 5.74) is -0.784. The van der Waals surface area contributed by atoms with Crippen LogP contribution in [0.4, 0.5) is 33.3 Å². The number of hydrogen-bond donors (Lipinski definition) is 2. The Labute approximate surface area is 181 Å². The summed E-state index contributed by atoms with van der Waals surface area (Å²) in [4.78, 5) is 16.4. The number of anilines is 2. The van der Waals surface area contributed by atoms with Crippen LogP contribution in [0.3, 0.4) is 0 Å². The molecule has 30 heavy (non-hydrogen) atoms. The van der Waals surface area contributed by atoms with Gasteiger partial charge < -0.3 is 10.6 Å². The fraction of sp³-hybridized carbons (Fsp3) is 0.100. The van der Waals surface area contributed by atoms with Gasteiger partial charge in [-0.25, -0.2) is 8.78 Å². The molecule has 1 aromatic heterocycles. The van der Waals surface area contributed by atoms with Crippen LogP contribution in [-0.4, -0.2) is 10.9 Å². The Balaban J connectivity index is 1.78.